The van der Waals surface area contributed by atoms with E-state index in [4.69, 9.17) is 48.1 Å². The summed E-state index contributed by atoms with van der Waals surface area (Å²) in [6.45, 7) is 0. The van der Waals surface area contributed by atoms with E-state index in [0.29, 0.717) is 29.2 Å². The van der Waals surface area contributed by atoms with Crippen LogP contribution in [0.2, 0.25) is 0 Å². The molecule has 0 aliphatic heterocycles. The molecule has 31 aromatic rings. The molecule has 0 radical (unpaired) electrons. The topological polar surface area (TPSA) is 154 Å². The minimum atomic E-state index is 0.618. The summed E-state index contributed by atoms with van der Waals surface area (Å²) >= 11 is 0. The third kappa shape index (κ3) is 13.6. The molecular weight excluding hydrogens is 1790 g/mol. The Kier molecular flexibility index (Phi) is 19.3. The van der Waals surface area contributed by atoms with Crippen LogP contribution in [0.3, 0.4) is 0 Å². The molecule has 20 aromatic carbocycles. The van der Waals surface area contributed by atoms with Crippen molar-refractivity contribution in [1.82, 2.24) is 57.7 Å². The third-order valence-corrected chi connectivity index (χ3v) is 28.5. The molecule has 11 heterocycles. The highest BCUT2D eigenvalue weighted by Gasteiger charge is 2.27. The Bertz CT molecular complexity index is 9990. The Balaban J connectivity index is 0.000000105. The van der Waals surface area contributed by atoms with Gasteiger partial charge in [-0.25, -0.2) is 29.9 Å². The van der Waals surface area contributed by atoms with E-state index in [0.717, 1.165) is 216 Å². The Labute approximate surface area is 833 Å². The maximum Gasteiger partial charge on any atom is 0.237 e. The number of benzene rings is 20. The van der Waals surface area contributed by atoms with Gasteiger partial charge in [-0.1, -0.05) is 334 Å². The Morgan fingerprint density at radius 3 is 0.760 bits per heavy atom. The first-order valence-electron chi connectivity index (χ1n) is 49.0. The smallest absolute Gasteiger partial charge is 0.237 e. The molecule has 0 spiro atoms. The van der Waals surface area contributed by atoms with E-state index >= 15 is 0 Å². The second-order valence-electron chi connectivity index (χ2n) is 36.9. The highest BCUT2D eigenvalue weighted by molar-refractivity contribution is 6.20. The lowest BCUT2D eigenvalue weighted by atomic mass is 10.0. The van der Waals surface area contributed by atoms with Gasteiger partial charge in [0.05, 0.1) is 105 Å². The Morgan fingerprint density at radius 1 is 0.144 bits per heavy atom. The van der Waals surface area contributed by atoms with Crippen molar-refractivity contribution in [2.75, 3.05) is 0 Å². The first-order valence-corrected chi connectivity index (χ1v) is 49.0. The van der Waals surface area contributed by atoms with Gasteiger partial charge >= 0.3 is 0 Å². The lowest BCUT2D eigenvalue weighted by Gasteiger charge is -2.14. The predicted octanol–water partition coefficient (Wildman–Crippen LogP) is 33.7. The van der Waals surface area contributed by atoms with Crippen molar-refractivity contribution >= 4 is 175 Å². The van der Waals surface area contributed by atoms with E-state index in [1.165, 1.54) is 37.7 Å². The molecule has 0 amide bonds. The first-order chi connectivity index (χ1) is 72.4. The molecule has 0 saturated heterocycles. The molecule has 146 heavy (non-hydrogen) atoms. The van der Waals surface area contributed by atoms with Gasteiger partial charge in [0.1, 0.15) is 39.3 Å². The van der Waals surface area contributed by atoms with E-state index in [9.17, 15) is 0 Å². The fourth-order valence-corrected chi connectivity index (χ4v) is 22.1. The van der Waals surface area contributed by atoms with Gasteiger partial charge in [-0.3, -0.25) is 9.13 Å². The molecule has 0 bridgehead atoms. The fourth-order valence-electron chi connectivity index (χ4n) is 22.1. The van der Waals surface area contributed by atoms with E-state index in [1.54, 1.807) is 0 Å². The van der Waals surface area contributed by atoms with Gasteiger partial charge in [0, 0.05) is 115 Å². The standard InChI is InChI=1S/C52H31N5O.C40H25N3O.C39H24N4O/c1-8-21-42-33(14-1)34-15-2-9-22-43(34)56(42)50-31-40(53-52(54-50)57-44-23-10-3-16-35(44)36-17-4-11-24-45(36)57)32-28-29-46-39(30-32)37-18-5-7-20-41(37)55(46)47-25-13-27-49-51(47)38-19-6-12-26-48(38)58-49;1-3-12-26(13-4-1)32-25-33(42-40(41-32)27-14-5-2-6-15-27)28-22-23-35-31(24-28)29-16-7-9-18-34(29)43(35)36-19-11-21-38-39(36)30-17-8-10-20-37(30)44-38;1-3-12-25(13-4-1)37-40-38(26-14-5-2-6-15-26)42-39(41-37)27-22-23-32-30(24-27)28-16-7-9-18-31(28)43(32)33-19-11-21-35-36(33)29-17-8-10-20-34(29)44-35/h1-31H;1-25H;1-24H. The molecule has 0 unspecified atom stereocenters. The number of nitrogens with zero attached hydrogens (tertiary/aromatic N) is 12. The van der Waals surface area contributed by atoms with Crippen molar-refractivity contribution in [2.45, 2.75) is 0 Å². The molecule has 0 fully saturated rings. The highest BCUT2D eigenvalue weighted by Crippen LogP contribution is 2.47. The number of furan rings is 3. The third-order valence-electron chi connectivity index (χ3n) is 28.5. The fraction of sp³-hybridized carbons (Fsp3) is 0. The molecule has 15 nitrogen and oxygen atoms in total. The summed E-state index contributed by atoms with van der Waals surface area (Å²) in [6.07, 6.45) is 0. The number of hydrogen-bond acceptors (Lipinski definition) is 10. The summed E-state index contributed by atoms with van der Waals surface area (Å²) < 4.78 is 30.5. The van der Waals surface area contributed by atoms with Crippen molar-refractivity contribution in [3.8, 4) is 108 Å². The van der Waals surface area contributed by atoms with E-state index < -0.39 is 0 Å². The minimum absolute atomic E-state index is 0.618. The quantitative estimate of drug-likeness (QED) is 0.115. The van der Waals surface area contributed by atoms with Gasteiger partial charge in [0.25, 0.3) is 0 Å². The van der Waals surface area contributed by atoms with Gasteiger partial charge in [0.2, 0.25) is 5.95 Å². The first kappa shape index (κ1) is 83.0. The van der Waals surface area contributed by atoms with Crippen LogP contribution in [-0.4, -0.2) is 57.7 Å². The average Bonchev–Trinajstić information content (AvgIpc) is 1.59. The number of para-hydroxylation sites is 10. The van der Waals surface area contributed by atoms with Crippen LogP contribution in [0.5, 0.6) is 0 Å². The molecule has 0 aliphatic carbocycles. The average molecular weight is 1870 g/mol. The van der Waals surface area contributed by atoms with Crippen LogP contribution in [0.4, 0.5) is 0 Å². The van der Waals surface area contributed by atoms with Crippen molar-refractivity contribution in [3.63, 3.8) is 0 Å². The van der Waals surface area contributed by atoms with Crippen molar-refractivity contribution in [1.29, 1.82) is 0 Å². The number of hydrogen-bond donors (Lipinski definition) is 0. The molecular formula is C131H80N12O3. The summed E-state index contributed by atoms with van der Waals surface area (Å²) in [5, 5.41) is 18.3. The van der Waals surface area contributed by atoms with Gasteiger partial charge in [-0.2, -0.15) is 4.98 Å². The number of fused-ring (bicyclic) bond motifs is 24. The van der Waals surface area contributed by atoms with Crippen LogP contribution in [0.15, 0.2) is 499 Å². The van der Waals surface area contributed by atoms with Crippen LogP contribution in [0.1, 0.15) is 0 Å². The zero-order valence-electron chi connectivity index (χ0n) is 78.3. The lowest BCUT2D eigenvalue weighted by molar-refractivity contribution is 0.668. The second-order valence-corrected chi connectivity index (χ2v) is 36.9. The molecule has 31 rings (SSSR count). The molecule has 0 aliphatic rings. The van der Waals surface area contributed by atoms with Crippen molar-refractivity contribution in [2.24, 2.45) is 0 Å². The van der Waals surface area contributed by atoms with Gasteiger partial charge < -0.3 is 27.0 Å². The highest BCUT2D eigenvalue weighted by atomic mass is 16.3. The lowest BCUT2D eigenvalue weighted by Crippen LogP contribution is -2.07. The summed E-state index contributed by atoms with van der Waals surface area (Å²) in [6, 6.07) is 169. The summed E-state index contributed by atoms with van der Waals surface area (Å²) in [5.74, 6) is 4.07. The Hall–Kier alpha value is -20.0. The normalized spacial score (nSPS) is 11.8. The predicted molar refractivity (Wildman–Crippen MR) is 595 cm³/mol. The monoisotopic (exact) mass is 1870 g/mol. The largest absolute Gasteiger partial charge is 0.456 e. The SMILES string of the molecule is c1ccc(-c2cc(-c3ccc4c(c3)c3ccccc3n4-c3cccc4oc5ccccc5c34)nc(-c3ccccc3)n2)cc1.c1ccc(-c2nc(-c3ccccc3)nc(-c3ccc4c(c3)c3ccccc3n4-c3cccc4oc5ccccc5c34)n2)cc1.c1ccc2c(c1)oc1cccc(-n3c4ccccc4c4cc(-c5cc(-n6c7ccccc7c7ccccc76)nc(-n6c7ccccc7c7ccccc76)n5)ccc43)c12. The Morgan fingerprint density at radius 2 is 0.397 bits per heavy atom. The van der Waals surface area contributed by atoms with Gasteiger partial charge in [0.15, 0.2) is 23.3 Å². The van der Waals surface area contributed by atoms with Crippen LogP contribution in [-0.2, 0) is 0 Å². The minimum Gasteiger partial charge on any atom is -0.456 e. The summed E-state index contributed by atoms with van der Waals surface area (Å²) in [5.41, 5.74) is 29.2. The van der Waals surface area contributed by atoms with E-state index in [-0.39, 0.29) is 0 Å². The molecule has 15 heteroatoms. The second kappa shape index (κ2) is 33.9. The van der Waals surface area contributed by atoms with Crippen LogP contribution in [0, 0.1) is 0 Å². The van der Waals surface area contributed by atoms with Gasteiger partial charge in [-0.05, 0) is 146 Å². The number of rotatable bonds is 12. The maximum atomic E-state index is 6.35. The summed E-state index contributed by atoms with van der Waals surface area (Å²) in [7, 11) is 0. The van der Waals surface area contributed by atoms with Gasteiger partial charge in [-0.15, -0.1) is 0 Å². The van der Waals surface area contributed by atoms with Crippen LogP contribution >= 0.6 is 0 Å². The zero-order chi connectivity index (χ0) is 96.0. The molecule has 682 valence electrons. The van der Waals surface area contributed by atoms with E-state index in [1.807, 2.05) is 140 Å². The van der Waals surface area contributed by atoms with Crippen molar-refractivity contribution < 1.29 is 13.3 Å². The summed E-state index contributed by atoms with van der Waals surface area (Å²) in [4.78, 5) is 35.8. The molecule has 0 N–H and O–H groups in total. The number of aromatic nitrogens is 12. The maximum absolute atomic E-state index is 6.35. The molecule has 11 aromatic heterocycles. The molecule has 0 atom stereocenters. The zero-order valence-corrected chi connectivity index (χ0v) is 78.3. The van der Waals surface area contributed by atoms with E-state index in [2.05, 4.69) is 369 Å². The van der Waals surface area contributed by atoms with Crippen LogP contribution in [0.25, 0.3) is 283 Å². The van der Waals surface area contributed by atoms with Crippen LogP contribution < -0.4 is 0 Å². The molecule has 0 saturated carbocycles. The van der Waals surface area contributed by atoms with Crippen molar-refractivity contribution in [3.05, 3.63) is 485 Å².